The molecule has 2 aliphatic heterocycles. The Hall–Kier alpha value is -3.55. The van der Waals surface area contributed by atoms with Crippen LogP contribution in [0.2, 0.25) is 0 Å². The van der Waals surface area contributed by atoms with E-state index in [2.05, 4.69) is 4.99 Å². The average molecular weight is 519 g/mol. The number of benzene rings is 3. The van der Waals surface area contributed by atoms with Crippen molar-refractivity contribution in [3.63, 3.8) is 0 Å². The second-order valence-corrected chi connectivity index (χ2v) is 9.76. The van der Waals surface area contributed by atoms with E-state index in [9.17, 15) is 14.7 Å². The second-order valence-electron chi connectivity index (χ2n) is 8.38. The summed E-state index contributed by atoms with van der Waals surface area (Å²) < 4.78 is 6.05. The van der Waals surface area contributed by atoms with Crippen LogP contribution in [0.25, 0.3) is 0 Å². The lowest BCUT2D eigenvalue weighted by atomic mass is 10.0. The van der Waals surface area contributed by atoms with Crippen LogP contribution in [0.15, 0.2) is 101 Å². The number of rotatable bonds is 7. The van der Waals surface area contributed by atoms with Gasteiger partial charge < -0.3 is 9.84 Å². The van der Waals surface area contributed by atoms with Crippen molar-refractivity contribution in [1.82, 2.24) is 4.90 Å². The van der Waals surface area contributed by atoms with Crippen LogP contribution < -0.4 is 0 Å². The third kappa shape index (κ3) is 4.64. The van der Waals surface area contributed by atoms with Crippen LogP contribution in [0.5, 0.6) is 5.75 Å². The van der Waals surface area contributed by atoms with Gasteiger partial charge in [-0.3, -0.25) is 14.7 Å². The van der Waals surface area contributed by atoms with E-state index in [1.807, 2.05) is 60.7 Å². The number of esters is 1. The van der Waals surface area contributed by atoms with Gasteiger partial charge >= 0.3 is 5.97 Å². The standard InChI is InChI=1S/C28H23ClN2O4S/c29-15-21-17-36-27-23(30-16-20-13-7-8-14-22(20)32)26(33)31(27)24(21)28(34)35-25(18-9-3-1-4-10-18)19-11-5-2-6-12-19/h1-14,16,23,25,27,32H,15,17H2/b30-16+/t23?,27-/m1/s1. The number of nitrogens with zero attached hydrogens (tertiary/aromatic N) is 2. The normalized spacial score (nSPS) is 19.4. The van der Waals surface area contributed by atoms with Crippen molar-refractivity contribution >= 4 is 41.5 Å². The van der Waals surface area contributed by atoms with E-state index in [1.165, 1.54) is 22.9 Å². The lowest BCUT2D eigenvalue weighted by molar-refractivity contribution is -0.153. The van der Waals surface area contributed by atoms with Crippen LogP contribution in [0.4, 0.5) is 0 Å². The average Bonchev–Trinajstić information content (AvgIpc) is 2.92. The number of para-hydroxylation sites is 1. The minimum absolute atomic E-state index is 0.0858. The molecule has 1 N–H and O–H groups in total. The zero-order valence-electron chi connectivity index (χ0n) is 19.2. The molecule has 0 saturated carbocycles. The fraction of sp³-hybridized carbons (Fsp3) is 0.179. The van der Waals surface area contributed by atoms with Crippen molar-refractivity contribution in [3.05, 3.63) is 113 Å². The number of ether oxygens (including phenoxy) is 1. The molecule has 5 rings (SSSR count). The van der Waals surface area contributed by atoms with E-state index < -0.39 is 18.1 Å². The Morgan fingerprint density at radius 1 is 1.06 bits per heavy atom. The number of thioether (sulfide) groups is 1. The van der Waals surface area contributed by atoms with E-state index in [0.717, 1.165) is 11.1 Å². The molecule has 1 unspecified atom stereocenters. The predicted octanol–water partition coefficient (Wildman–Crippen LogP) is 4.92. The fourth-order valence-electron chi connectivity index (χ4n) is 4.26. The minimum atomic E-state index is -0.659. The Morgan fingerprint density at radius 3 is 2.28 bits per heavy atom. The molecule has 6 nitrogen and oxygen atoms in total. The first-order valence-electron chi connectivity index (χ1n) is 11.4. The van der Waals surface area contributed by atoms with Crippen LogP contribution >= 0.6 is 23.4 Å². The number of fused-ring (bicyclic) bond motifs is 1. The summed E-state index contributed by atoms with van der Waals surface area (Å²) in [6.45, 7) is 0. The zero-order chi connectivity index (χ0) is 25.1. The van der Waals surface area contributed by atoms with Gasteiger partial charge in [0.1, 0.15) is 16.8 Å². The number of aliphatic imine (C=N–C) groups is 1. The predicted molar refractivity (Wildman–Crippen MR) is 141 cm³/mol. The fourth-order valence-corrected chi connectivity index (χ4v) is 5.93. The number of phenolic OH excluding ortho intramolecular Hbond substituents is 1. The third-order valence-electron chi connectivity index (χ3n) is 6.11. The summed E-state index contributed by atoms with van der Waals surface area (Å²) in [6.07, 6.45) is 0.860. The summed E-state index contributed by atoms with van der Waals surface area (Å²) in [7, 11) is 0. The molecule has 2 heterocycles. The number of alkyl halides is 1. The van der Waals surface area contributed by atoms with E-state index in [0.29, 0.717) is 16.9 Å². The highest BCUT2D eigenvalue weighted by molar-refractivity contribution is 8.00. The van der Waals surface area contributed by atoms with Crippen LogP contribution in [-0.4, -0.2) is 51.1 Å². The molecule has 182 valence electrons. The first-order valence-corrected chi connectivity index (χ1v) is 13.0. The Balaban J connectivity index is 1.41. The van der Waals surface area contributed by atoms with Crippen LogP contribution in [-0.2, 0) is 14.3 Å². The Bertz CT molecular complexity index is 1290. The van der Waals surface area contributed by atoms with E-state index >= 15 is 0 Å². The number of phenols is 1. The van der Waals surface area contributed by atoms with E-state index in [-0.39, 0.29) is 28.6 Å². The maximum absolute atomic E-state index is 13.6. The number of carbonyl (C=O) groups is 2. The number of amides is 1. The van der Waals surface area contributed by atoms with Crippen LogP contribution in [0.1, 0.15) is 22.8 Å². The van der Waals surface area contributed by atoms with Gasteiger partial charge in [-0.05, 0) is 28.8 Å². The van der Waals surface area contributed by atoms with Gasteiger partial charge in [-0.2, -0.15) is 0 Å². The minimum Gasteiger partial charge on any atom is -0.507 e. The number of halogens is 1. The summed E-state index contributed by atoms with van der Waals surface area (Å²) in [4.78, 5) is 32.6. The van der Waals surface area contributed by atoms with Crippen molar-refractivity contribution in [2.24, 2.45) is 4.99 Å². The smallest absolute Gasteiger partial charge is 0.356 e. The number of hydrogen-bond donors (Lipinski definition) is 1. The molecule has 3 aromatic carbocycles. The van der Waals surface area contributed by atoms with E-state index in [1.54, 1.807) is 24.3 Å². The molecule has 0 aliphatic carbocycles. The van der Waals surface area contributed by atoms with Gasteiger partial charge in [0.25, 0.3) is 5.91 Å². The number of hydrogen-bond acceptors (Lipinski definition) is 6. The zero-order valence-corrected chi connectivity index (χ0v) is 20.7. The summed E-state index contributed by atoms with van der Waals surface area (Å²) in [5.41, 5.74) is 3.03. The quantitative estimate of drug-likeness (QED) is 0.208. The first-order chi connectivity index (χ1) is 17.6. The summed E-state index contributed by atoms with van der Waals surface area (Å²) >= 11 is 7.70. The Kier molecular flexibility index (Phi) is 7.11. The maximum atomic E-state index is 13.6. The largest absolute Gasteiger partial charge is 0.507 e. The van der Waals surface area contributed by atoms with Gasteiger partial charge in [0.2, 0.25) is 0 Å². The highest BCUT2D eigenvalue weighted by Gasteiger charge is 2.54. The molecule has 1 saturated heterocycles. The topological polar surface area (TPSA) is 79.2 Å². The Labute approximate surface area is 218 Å². The molecule has 0 radical (unpaired) electrons. The number of β-lactam (4-membered cyclic amide) rings is 1. The lowest BCUT2D eigenvalue weighted by Crippen LogP contribution is -2.64. The second kappa shape index (κ2) is 10.6. The molecule has 8 heteroatoms. The molecule has 3 aromatic rings. The van der Waals surface area contributed by atoms with Crippen molar-refractivity contribution < 1.29 is 19.4 Å². The highest BCUT2D eigenvalue weighted by Crippen LogP contribution is 2.43. The van der Waals surface area contributed by atoms with Crippen molar-refractivity contribution in [2.45, 2.75) is 17.5 Å². The van der Waals surface area contributed by atoms with Gasteiger partial charge in [0.15, 0.2) is 12.1 Å². The molecule has 1 amide bonds. The van der Waals surface area contributed by atoms with Crippen molar-refractivity contribution in [3.8, 4) is 5.75 Å². The number of carbonyl (C=O) groups excluding carboxylic acids is 2. The van der Waals surface area contributed by atoms with Gasteiger partial charge in [-0.25, -0.2) is 4.79 Å². The van der Waals surface area contributed by atoms with Crippen LogP contribution in [0, 0.1) is 0 Å². The molecule has 36 heavy (non-hydrogen) atoms. The molecular formula is C28H23ClN2O4S. The Morgan fingerprint density at radius 2 is 1.67 bits per heavy atom. The van der Waals surface area contributed by atoms with Gasteiger partial charge in [-0.1, -0.05) is 72.8 Å². The monoisotopic (exact) mass is 518 g/mol. The summed E-state index contributed by atoms with van der Waals surface area (Å²) in [5.74, 6) is -0.204. The summed E-state index contributed by atoms with van der Waals surface area (Å²) in [5, 5.41) is 9.64. The lowest BCUT2D eigenvalue weighted by Gasteiger charge is -2.48. The molecule has 0 bridgehead atoms. The van der Waals surface area contributed by atoms with Crippen LogP contribution in [0.3, 0.4) is 0 Å². The molecule has 1 fully saturated rings. The van der Waals surface area contributed by atoms with Crippen molar-refractivity contribution in [1.29, 1.82) is 0 Å². The highest BCUT2D eigenvalue weighted by atomic mass is 35.5. The van der Waals surface area contributed by atoms with Gasteiger partial charge in [0.05, 0.1) is 0 Å². The molecule has 0 spiro atoms. The summed E-state index contributed by atoms with van der Waals surface area (Å²) in [6, 6.07) is 25.1. The van der Waals surface area contributed by atoms with E-state index in [4.69, 9.17) is 16.3 Å². The first kappa shape index (κ1) is 24.2. The molecular weight excluding hydrogens is 496 g/mol. The van der Waals surface area contributed by atoms with Gasteiger partial charge in [-0.15, -0.1) is 23.4 Å². The third-order valence-corrected chi connectivity index (χ3v) is 7.76. The SMILES string of the molecule is O=C(OC(c1ccccc1)c1ccccc1)C1=C(CCl)CS[C@@H]2C(/N=C/c3ccccc3O)C(=O)N12. The molecule has 2 atom stereocenters. The van der Waals surface area contributed by atoms with Gasteiger partial charge in [0, 0.05) is 23.4 Å². The molecule has 0 aromatic heterocycles. The number of aromatic hydroxyl groups is 1. The maximum Gasteiger partial charge on any atom is 0.356 e. The molecule has 2 aliphatic rings. The van der Waals surface area contributed by atoms with Crippen molar-refractivity contribution in [2.75, 3.05) is 11.6 Å².